The predicted molar refractivity (Wildman–Crippen MR) is 159 cm³/mol. The molecule has 224 valence electrons. The van der Waals surface area contributed by atoms with Gasteiger partial charge in [0.05, 0.1) is 51.7 Å². The lowest BCUT2D eigenvalue weighted by Crippen LogP contribution is -2.52. The fourth-order valence-corrected chi connectivity index (χ4v) is 5.77. The van der Waals surface area contributed by atoms with E-state index in [0.717, 1.165) is 20.9 Å². The van der Waals surface area contributed by atoms with Gasteiger partial charge in [-0.1, -0.05) is 60.7 Å². The Morgan fingerprint density at radius 2 is 0.818 bits per heavy atom. The standard InChI is InChI=1S/C34H30N2O8/c37-15-23(19-43-17-21-7-3-1-4-8-21)35-31(39)25-11-13-27-30-28(14-12-26(29(25)30)32(35)40)34(42)36(33(27)41)24(16-38)20-44-18-22-9-5-2-6-10-22/h1-14,23-24,37-38H,15-20H2/t23-,24-/m1/s1. The number of hydrogen-bond acceptors (Lipinski definition) is 8. The Hall–Kier alpha value is -4.74. The number of amides is 4. The minimum absolute atomic E-state index is 0.0850. The molecule has 0 aliphatic carbocycles. The second-order valence-electron chi connectivity index (χ2n) is 10.7. The number of rotatable bonds is 12. The van der Waals surface area contributed by atoms with Crippen LogP contribution in [0.2, 0.25) is 0 Å². The Morgan fingerprint density at radius 3 is 1.11 bits per heavy atom. The number of carbonyl (C=O) groups excluding carboxylic acids is 4. The highest BCUT2D eigenvalue weighted by atomic mass is 16.5. The molecule has 2 aliphatic heterocycles. The van der Waals surface area contributed by atoms with Gasteiger partial charge >= 0.3 is 0 Å². The van der Waals surface area contributed by atoms with E-state index in [-0.39, 0.29) is 59.5 Å². The van der Waals surface area contributed by atoms with Crippen molar-refractivity contribution in [2.75, 3.05) is 26.4 Å². The van der Waals surface area contributed by atoms with Gasteiger partial charge in [-0.15, -0.1) is 0 Å². The molecule has 2 N–H and O–H groups in total. The van der Waals surface area contributed by atoms with Crippen molar-refractivity contribution in [3.63, 3.8) is 0 Å². The molecule has 4 aromatic rings. The Morgan fingerprint density at radius 1 is 0.500 bits per heavy atom. The molecule has 2 aliphatic rings. The van der Waals surface area contributed by atoms with Gasteiger partial charge in [-0.25, -0.2) is 0 Å². The van der Waals surface area contributed by atoms with E-state index < -0.39 is 48.9 Å². The second kappa shape index (κ2) is 12.5. The van der Waals surface area contributed by atoms with Crippen molar-refractivity contribution in [2.45, 2.75) is 25.3 Å². The average molecular weight is 595 g/mol. The van der Waals surface area contributed by atoms with Crippen LogP contribution in [0.4, 0.5) is 0 Å². The SMILES string of the molecule is O=C1c2ccc3c4c(ccc(c24)C(=O)N1[C@H](CO)COCc1ccccc1)C(=O)N([C@H](CO)COCc1ccccc1)C3=O. The van der Waals surface area contributed by atoms with Crippen molar-refractivity contribution in [1.82, 2.24) is 9.80 Å². The average Bonchev–Trinajstić information content (AvgIpc) is 3.05. The quantitative estimate of drug-likeness (QED) is 0.239. The zero-order valence-corrected chi connectivity index (χ0v) is 23.7. The highest BCUT2D eigenvalue weighted by molar-refractivity contribution is 6.33. The number of nitrogens with zero attached hydrogens (tertiary/aromatic N) is 2. The lowest BCUT2D eigenvalue weighted by molar-refractivity contribution is 0.0185. The van der Waals surface area contributed by atoms with Crippen molar-refractivity contribution in [1.29, 1.82) is 0 Å². The molecule has 4 amide bonds. The van der Waals surface area contributed by atoms with E-state index in [4.69, 9.17) is 9.47 Å². The number of benzene rings is 4. The number of hydrogen-bond donors (Lipinski definition) is 2. The van der Waals surface area contributed by atoms with E-state index >= 15 is 0 Å². The van der Waals surface area contributed by atoms with E-state index in [1.54, 1.807) is 0 Å². The van der Waals surface area contributed by atoms with Crippen LogP contribution < -0.4 is 0 Å². The molecule has 4 aromatic carbocycles. The first kappa shape index (κ1) is 29.3. The van der Waals surface area contributed by atoms with Crippen molar-refractivity contribution < 1.29 is 38.9 Å². The molecule has 44 heavy (non-hydrogen) atoms. The molecule has 0 aromatic heterocycles. The first-order chi connectivity index (χ1) is 21.4. The molecule has 0 bridgehead atoms. The van der Waals surface area contributed by atoms with Gasteiger partial charge in [-0.2, -0.15) is 0 Å². The summed E-state index contributed by atoms with van der Waals surface area (Å²) in [4.78, 5) is 56.8. The summed E-state index contributed by atoms with van der Waals surface area (Å²) < 4.78 is 11.5. The van der Waals surface area contributed by atoms with Crippen LogP contribution in [0, 0.1) is 0 Å². The van der Waals surface area contributed by atoms with E-state index in [2.05, 4.69) is 0 Å². The summed E-state index contributed by atoms with van der Waals surface area (Å²) in [5.74, 6) is -2.62. The molecule has 6 rings (SSSR count). The normalized spacial score (nSPS) is 15.7. The van der Waals surface area contributed by atoms with Crippen LogP contribution >= 0.6 is 0 Å². The van der Waals surface area contributed by atoms with Gasteiger partial charge in [-0.05, 0) is 35.4 Å². The Balaban J connectivity index is 1.26. The van der Waals surface area contributed by atoms with Crippen LogP contribution in [0.5, 0.6) is 0 Å². The molecule has 10 heteroatoms. The van der Waals surface area contributed by atoms with Crippen molar-refractivity contribution >= 4 is 34.4 Å². The minimum atomic E-state index is -0.950. The zero-order valence-electron chi connectivity index (χ0n) is 23.7. The number of ether oxygens (including phenoxy) is 2. The van der Waals surface area contributed by atoms with Gasteiger partial charge in [0.25, 0.3) is 23.6 Å². The van der Waals surface area contributed by atoms with Gasteiger partial charge in [0.15, 0.2) is 0 Å². The largest absolute Gasteiger partial charge is 0.394 e. The minimum Gasteiger partial charge on any atom is -0.394 e. The maximum absolute atomic E-state index is 13.7. The molecule has 2 atom stereocenters. The van der Waals surface area contributed by atoms with Gasteiger partial charge in [0.1, 0.15) is 0 Å². The van der Waals surface area contributed by atoms with Crippen LogP contribution in [0.25, 0.3) is 10.8 Å². The lowest BCUT2D eigenvalue weighted by Gasteiger charge is -2.36. The third kappa shape index (κ3) is 5.18. The monoisotopic (exact) mass is 594 g/mol. The van der Waals surface area contributed by atoms with Gasteiger partial charge in [0.2, 0.25) is 0 Å². The fraction of sp³-hybridized carbons (Fsp3) is 0.235. The van der Waals surface area contributed by atoms with Crippen LogP contribution in [0.1, 0.15) is 52.6 Å². The summed E-state index contributed by atoms with van der Waals surface area (Å²) in [5.41, 5.74) is 2.36. The fourth-order valence-electron chi connectivity index (χ4n) is 5.77. The third-order valence-electron chi connectivity index (χ3n) is 7.95. The lowest BCUT2D eigenvalue weighted by atomic mass is 9.85. The number of imide groups is 2. The maximum Gasteiger partial charge on any atom is 0.261 e. The van der Waals surface area contributed by atoms with E-state index in [0.29, 0.717) is 0 Å². The smallest absolute Gasteiger partial charge is 0.261 e. The number of aliphatic hydroxyl groups excluding tert-OH is 2. The van der Waals surface area contributed by atoms with Gasteiger partial charge in [-0.3, -0.25) is 29.0 Å². The van der Waals surface area contributed by atoms with Crippen molar-refractivity contribution in [2.24, 2.45) is 0 Å². The molecule has 0 unspecified atom stereocenters. The van der Waals surface area contributed by atoms with Crippen molar-refractivity contribution in [3.8, 4) is 0 Å². The number of aliphatic hydroxyl groups is 2. The second-order valence-corrected chi connectivity index (χ2v) is 10.7. The highest BCUT2D eigenvalue weighted by Gasteiger charge is 2.43. The molecule has 0 radical (unpaired) electrons. The Kier molecular flexibility index (Phi) is 8.32. The molecular weight excluding hydrogens is 564 g/mol. The summed E-state index contributed by atoms with van der Waals surface area (Å²) in [6.45, 7) is -0.723. The van der Waals surface area contributed by atoms with Crippen LogP contribution in [-0.4, -0.2) is 82.2 Å². The van der Waals surface area contributed by atoms with Crippen LogP contribution in [0.15, 0.2) is 84.9 Å². The summed E-state index contributed by atoms with van der Waals surface area (Å²) in [5, 5.41) is 20.7. The van der Waals surface area contributed by atoms with Crippen LogP contribution in [-0.2, 0) is 22.7 Å². The van der Waals surface area contributed by atoms with E-state index in [1.165, 1.54) is 24.3 Å². The maximum atomic E-state index is 13.7. The third-order valence-corrected chi connectivity index (χ3v) is 7.95. The molecule has 0 fully saturated rings. The molecular formula is C34H30N2O8. The summed E-state index contributed by atoms with van der Waals surface area (Å²) in [6.07, 6.45) is 0. The summed E-state index contributed by atoms with van der Waals surface area (Å²) in [6, 6.07) is 22.7. The number of carbonyl (C=O) groups is 4. The molecule has 2 heterocycles. The van der Waals surface area contributed by atoms with Gasteiger partial charge in [0, 0.05) is 33.0 Å². The highest BCUT2D eigenvalue weighted by Crippen LogP contribution is 2.38. The molecule has 0 spiro atoms. The zero-order chi connectivity index (χ0) is 30.8. The van der Waals surface area contributed by atoms with Crippen LogP contribution in [0.3, 0.4) is 0 Å². The summed E-state index contributed by atoms with van der Waals surface area (Å²) in [7, 11) is 0. The van der Waals surface area contributed by atoms with E-state index in [1.807, 2.05) is 60.7 Å². The van der Waals surface area contributed by atoms with Gasteiger partial charge < -0.3 is 19.7 Å². The Bertz CT molecular complexity index is 1540. The molecule has 0 saturated heterocycles. The first-order valence-corrected chi connectivity index (χ1v) is 14.2. The van der Waals surface area contributed by atoms with Crippen molar-refractivity contribution in [3.05, 3.63) is 118 Å². The molecule has 10 nitrogen and oxygen atoms in total. The summed E-state index contributed by atoms with van der Waals surface area (Å²) >= 11 is 0. The topological polar surface area (TPSA) is 134 Å². The predicted octanol–water partition coefficient (Wildman–Crippen LogP) is 3.19. The Labute approximate surface area is 253 Å². The van der Waals surface area contributed by atoms with E-state index in [9.17, 15) is 29.4 Å². The molecule has 0 saturated carbocycles. The first-order valence-electron chi connectivity index (χ1n) is 14.2.